The zero-order chi connectivity index (χ0) is 18.5. The van der Waals surface area contributed by atoms with Crippen molar-refractivity contribution < 1.29 is 4.79 Å². The van der Waals surface area contributed by atoms with Crippen molar-refractivity contribution in [3.05, 3.63) is 41.1 Å². The van der Waals surface area contributed by atoms with Crippen LogP contribution in [0.25, 0.3) is 10.9 Å². The molecule has 1 amide bonds. The summed E-state index contributed by atoms with van der Waals surface area (Å²) < 4.78 is 0. The maximum absolute atomic E-state index is 12.7. The topological polar surface area (TPSA) is 48.5 Å². The summed E-state index contributed by atoms with van der Waals surface area (Å²) in [6.07, 6.45) is 1.94. The summed E-state index contributed by atoms with van der Waals surface area (Å²) >= 11 is 0. The van der Waals surface area contributed by atoms with E-state index in [0.29, 0.717) is 6.54 Å². The predicted octanol–water partition coefficient (Wildman–Crippen LogP) is 2.47. The van der Waals surface area contributed by atoms with E-state index in [0.717, 1.165) is 67.7 Å². The molecule has 0 unspecified atom stereocenters. The third-order valence-electron chi connectivity index (χ3n) is 5.19. The van der Waals surface area contributed by atoms with Crippen LogP contribution in [0, 0.1) is 6.92 Å². The zero-order valence-electron chi connectivity index (χ0n) is 16.2. The Morgan fingerprint density at radius 3 is 2.69 bits per heavy atom. The molecular formula is C21H30N4O. The summed E-state index contributed by atoms with van der Waals surface area (Å²) in [4.78, 5) is 22.2. The minimum atomic E-state index is 0.00660. The highest BCUT2D eigenvalue weighted by molar-refractivity contribution is 6.06. The predicted molar refractivity (Wildman–Crippen MR) is 107 cm³/mol. The number of carbonyl (C=O) groups is 1. The SMILES string of the molecule is CCc1ccc2nc(C)cc(C(=O)NCCCN3CCN(C)CC3)c2c1. The molecule has 1 N–H and O–H groups in total. The van der Waals surface area contributed by atoms with Gasteiger partial charge in [0.1, 0.15) is 0 Å². The maximum Gasteiger partial charge on any atom is 0.252 e. The van der Waals surface area contributed by atoms with E-state index in [1.54, 1.807) is 0 Å². The summed E-state index contributed by atoms with van der Waals surface area (Å²) in [6, 6.07) is 8.11. The van der Waals surface area contributed by atoms with Crippen LogP contribution in [-0.4, -0.2) is 67.0 Å². The van der Waals surface area contributed by atoms with Crippen LogP contribution in [0.5, 0.6) is 0 Å². The minimum absolute atomic E-state index is 0.00660. The van der Waals surface area contributed by atoms with Crippen molar-refractivity contribution in [1.82, 2.24) is 20.1 Å². The van der Waals surface area contributed by atoms with E-state index < -0.39 is 0 Å². The molecule has 140 valence electrons. The number of nitrogens with zero attached hydrogens (tertiary/aromatic N) is 3. The molecule has 0 saturated carbocycles. The Bertz CT molecular complexity index is 766. The van der Waals surface area contributed by atoms with Gasteiger partial charge in [0.25, 0.3) is 5.91 Å². The Hall–Kier alpha value is -1.98. The number of aromatic nitrogens is 1. The maximum atomic E-state index is 12.7. The van der Waals surface area contributed by atoms with Crippen LogP contribution in [-0.2, 0) is 6.42 Å². The first-order valence-corrected chi connectivity index (χ1v) is 9.66. The smallest absolute Gasteiger partial charge is 0.252 e. The molecule has 1 aliphatic heterocycles. The van der Waals surface area contributed by atoms with E-state index in [4.69, 9.17) is 0 Å². The second-order valence-corrected chi connectivity index (χ2v) is 7.27. The molecule has 0 aliphatic carbocycles. The number of piperazine rings is 1. The van der Waals surface area contributed by atoms with Crippen molar-refractivity contribution in [2.75, 3.05) is 46.3 Å². The van der Waals surface area contributed by atoms with Crippen LogP contribution < -0.4 is 5.32 Å². The lowest BCUT2D eigenvalue weighted by Gasteiger charge is -2.32. The highest BCUT2D eigenvalue weighted by Crippen LogP contribution is 2.20. The molecule has 1 aromatic heterocycles. The Morgan fingerprint density at radius 1 is 1.19 bits per heavy atom. The molecule has 26 heavy (non-hydrogen) atoms. The highest BCUT2D eigenvalue weighted by atomic mass is 16.1. The molecule has 2 heterocycles. The molecule has 1 fully saturated rings. The summed E-state index contributed by atoms with van der Waals surface area (Å²) in [5.41, 5.74) is 3.74. The van der Waals surface area contributed by atoms with Crippen LogP contribution in [0.2, 0.25) is 0 Å². The molecule has 5 nitrogen and oxygen atoms in total. The number of nitrogens with one attached hydrogen (secondary N) is 1. The summed E-state index contributed by atoms with van der Waals surface area (Å²) in [7, 11) is 2.17. The fraction of sp³-hybridized carbons (Fsp3) is 0.524. The third kappa shape index (κ3) is 4.59. The van der Waals surface area contributed by atoms with E-state index in [-0.39, 0.29) is 5.91 Å². The van der Waals surface area contributed by atoms with Crippen molar-refractivity contribution in [1.29, 1.82) is 0 Å². The van der Waals surface area contributed by atoms with Crippen molar-refractivity contribution in [3.8, 4) is 0 Å². The Labute approximate surface area is 156 Å². The standard InChI is InChI=1S/C21H30N4O/c1-4-17-6-7-20-18(15-17)19(14-16(2)23-20)21(26)22-8-5-9-25-12-10-24(3)11-13-25/h6-7,14-15H,4-5,8-13H2,1-3H3,(H,22,26). The Balaban J connectivity index is 1.60. The average molecular weight is 354 g/mol. The van der Waals surface area contributed by atoms with Crippen LogP contribution >= 0.6 is 0 Å². The van der Waals surface area contributed by atoms with Crippen molar-refractivity contribution in [2.45, 2.75) is 26.7 Å². The van der Waals surface area contributed by atoms with E-state index in [1.807, 2.05) is 19.1 Å². The first kappa shape index (κ1) is 18.8. The molecule has 0 radical (unpaired) electrons. The van der Waals surface area contributed by atoms with Crippen LogP contribution in [0.15, 0.2) is 24.3 Å². The van der Waals surface area contributed by atoms with Gasteiger partial charge in [-0.2, -0.15) is 0 Å². The van der Waals surface area contributed by atoms with Gasteiger partial charge in [0, 0.05) is 43.8 Å². The number of pyridine rings is 1. The number of benzene rings is 1. The van der Waals surface area contributed by atoms with Gasteiger partial charge < -0.3 is 15.1 Å². The fourth-order valence-corrected chi connectivity index (χ4v) is 3.48. The van der Waals surface area contributed by atoms with Gasteiger partial charge in [0.15, 0.2) is 0 Å². The molecule has 0 spiro atoms. The molecule has 5 heteroatoms. The van der Waals surface area contributed by atoms with E-state index in [2.05, 4.69) is 46.2 Å². The lowest BCUT2D eigenvalue weighted by molar-refractivity contribution is 0.0951. The number of carbonyl (C=O) groups excluding carboxylic acids is 1. The van der Waals surface area contributed by atoms with Gasteiger partial charge in [-0.1, -0.05) is 13.0 Å². The van der Waals surface area contributed by atoms with Gasteiger partial charge in [-0.05, 0) is 57.1 Å². The molecule has 1 saturated heterocycles. The van der Waals surface area contributed by atoms with Gasteiger partial charge in [-0.3, -0.25) is 9.78 Å². The van der Waals surface area contributed by atoms with Crippen molar-refractivity contribution >= 4 is 16.8 Å². The highest BCUT2D eigenvalue weighted by Gasteiger charge is 2.14. The monoisotopic (exact) mass is 354 g/mol. The van der Waals surface area contributed by atoms with Gasteiger partial charge in [-0.25, -0.2) is 0 Å². The van der Waals surface area contributed by atoms with Gasteiger partial charge in [0.05, 0.1) is 11.1 Å². The largest absolute Gasteiger partial charge is 0.352 e. The van der Waals surface area contributed by atoms with Crippen molar-refractivity contribution in [2.24, 2.45) is 0 Å². The number of hydrogen-bond donors (Lipinski definition) is 1. The van der Waals surface area contributed by atoms with Crippen molar-refractivity contribution in [3.63, 3.8) is 0 Å². The normalized spacial score (nSPS) is 16.1. The Morgan fingerprint density at radius 2 is 1.96 bits per heavy atom. The van der Waals surface area contributed by atoms with Gasteiger partial charge >= 0.3 is 0 Å². The molecular weight excluding hydrogens is 324 g/mol. The number of fused-ring (bicyclic) bond motifs is 1. The molecule has 1 aliphatic rings. The summed E-state index contributed by atoms with van der Waals surface area (Å²) in [5, 5.41) is 4.05. The molecule has 2 aromatic rings. The van der Waals surface area contributed by atoms with Gasteiger partial charge in [-0.15, -0.1) is 0 Å². The number of hydrogen-bond acceptors (Lipinski definition) is 4. The second kappa shape index (κ2) is 8.60. The first-order chi connectivity index (χ1) is 12.6. The number of aryl methyl sites for hydroxylation is 2. The summed E-state index contributed by atoms with van der Waals surface area (Å²) in [6.45, 7) is 10.3. The van der Waals surface area contributed by atoms with Crippen LogP contribution in [0.4, 0.5) is 0 Å². The van der Waals surface area contributed by atoms with Gasteiger partial charge in [0.2, 0.25) is 0 Å². The van der Waals surface area contributed by atoms with Crippen LogP contribution in [0.1, 0.15) is 35.0 Å². The fourth-order valence-electron chi connectivity index (χ4n) is 3.48. The summed E-state index contributed by atoms with van der Waals surface area (Å²) in [5.74, 6) is 0.00660. The minimum Gasteiger partial charge on any atom is -0.352 e. The van der Waals surface area contributed by atoms with E-state index in [1.165, 1.54) is 5.56 Å². The average Bonchev–Trinajstić information content (AvgIpc) is 2.65. The quantitative estimate of drug-likeness (QED) is 0.810. The number of amides is 1. The molecule has 0 bridgehead atoms. The van der Waals surface area contributed by atoms with Crippen LogP contribution in [0.3, 0.4) is 0 Å². The third-order valence-corrected chi connectivity index (χ3v) is 5.19. The van der Waals surface area contributed by atoms with E-state index in [9.17, 15) is 4.79 Å². The lowest BCUT2D eigenvalue weighted by atomic mass is 10.0. The first-order valence-electron chi connectivity index (χ1n) is 9.66. The Kier molecular flexibility index (Phi) is 6.22. The van der Waals surface area contributed by atoms with E-state index >= 15 is 0 Å². The molecule has 3 rings (SSSR count). The second-order valence-electron chi connectivity index (χ2n) is 7.27. The molecule has 1 aromatic carbocycles. The zero-order valence-corrected chi connectivity index (χ0v) is 16.2. The lowest BCUT2D eigenvalue weighted by Crippen LogP contribution is -2.45. The number of likely N-dealkylation sites (N-methyl/N-ethyl adjacent to an activating group) is 1. The number of rotatable bonds is 6. The molecule has 0 atom stereocenters.